The quantitative estimate of drug-likeness (QED) is 0.761. The summed E-state index contributed by atoms with van der Waals surface area (Å²) < 4.78 is 15.4. The Morgan fingerprint density at radius 3 is 3.22 bits per heavy atom. The summed E-state index contributed by atoms with van der Waals surface area (Å²) in [4.78, 5) is 4.31. The van der Waals surface area contributed by atoms with Gasteiger partial charge < -0.3 is 19.2 Å². The topological polar surface area (TPSA) is 65.6 Å². The number of ether oxygens (including phenoxy) is 2. The first kappa shape index (κ1) is 14.2. The average Bonchev–Trinajstić information content (AvgIpc) is 3.27. The van der Waals surface area contributed by atoms with Crippen LogP contribution in [-0.4, -0.2) is 44.5 Å². The molecule has 0 bridgehead atoms. The molecular formula is C16H19N5O2. The molecule has 2 atom stereocenters. The second-order valence-electron chi connectivity index (χ2n) is 5.70. The highest BCUT2D eigenvalue weighted by atomic mass is 16.5. The summed E-state index contributed by atoms with van der Waals surface area (Å²) in [5.74, 6) is 0.770. The van der Waals surface area contributed by atoms with Gasteiger partial charge in [0.25, 0.3) is 0 Å². The Labute approximate surface area is 133 Å². The molecule has 1 saturated heterocycles. The van der Waals surface area contributed by atoms with Crippen LogP contribution in [0.25, 0.3) is 5.65 Å². The van der Waals surface area contributed by atoms with Crippen LogP contribution >= 0.6 is 0 Å². The van der Waals surface area contributed by atoms with Gasteiger partial charge in [0.2, 0.25) is 0 Å². The van der Waals surface area contributed by atoms with Gasteiger partial charge in [0.1, 0.15) is 11.8 Å². The predicted octanol–water partition coefficient (Wildman–Crippen LogP) is 1.00. The van der Waals surface area contributed by atoms with Crippen molar-refractivity contribution in [1.29, 1.82) is 0 Å². The number of imidazole rings is 1. The minimum Gasteiger partial charge on any atom is -0.483 e. The van der Waals surface area contributed by atoms with Gasteiger partial charge in [-0.15, -0.1) is 0 Å². The van der Waals surface area contributed by atoms with E-state index in [1.54, 1.807) is 10.9 Å². The zero-order valence-corrected chi connectivity index (χ0v) is 12.9. The van der Waals surface area contributed by atoms with Crippen molar-refractivity contribution in [1.82, 2.24) is 24.5 Å². The largest absolute Gasteiger partial charge is 0.483 e. The molecule has 0 spiro atoms. The van der Waals surface area contributed by atoms with Gasteiger partial charge in [-0.2, -0.15) is 5.10 Å². The molecule has 120 valence electrons. The highest BCUT2D eigenvalue weighted by Gasteiger charge is 2.30. The highest BCUT2D eigenvalue weighted by Crippen LogP contribution is 2.17. The summed E-state index contributed by atoms with van der Waals surface area (Å²) in [6, 6.07) is 6.26. The van der Waals surface area contributed by atoms with Gasteiger partial charge in [-0.05, 0) is 12.1 Å². The molecule has 0 unspecified atom stereocenters. The molecule has 3 aromatic heterocycles. The fourth-order valence-corrected chi connectivity index (χ4v) is 2.86. The zero-order chi connectivity index (χ0) is 15.6. The number of aryl methyl sites for hydroxylation is 1. The molecule has 0 aliphatic carbocycles. The van der Waals surface area contributed by atoms with Gasteiger partial charge in [0.05, 0.1) is 31.6 Å². The van der Waals surface area contributed by atoms with Gasteiger partial charge in [0, 0.05) is 31.7 Å². The van der Waals surface area contributed by atoms with E-state index in [1.165, 1.54) is 0 Å². The van der Waals surface area contributed by atoms with Crippen molar-refractivity contribution < 1.29 is 9.47 Å². The number of pyridine rings is 1. The molecule has 1 N–H and O–H groups in total. The lowest BCUT2D eigenvalue weighted by Gasteiger charge is -2.20. The highest BCUT2D eigenvalue weighted by molar-refractivity contribution is 5.39. The van der Waals surface area contributed by atoms with Gasteiger partial charge in [0.15, 0.2) is 5.75 Å². The van der Waals surface area contributed by atoms with E-state index in [1.807, 2.05) is 37.8 Å². The normalized spacial score (nSPS) is 21.1. The van der Waals surface area contributed by atoms with Crippen molar-refractivity contribution in [2.45, 2.75) is 18.7 Å². The molecule has 3 aromatic rings. The first-order valence-corrected chi connectivity index (χ1v) is 7.67. The summed E-state index contributed by atoms with van der Waals surface area (Å²) in [5.41, 5.74) is 2.11. The van der Waals surface area contributed by atoms with Crippen molar-refractivity contribution in [2.24, 2.45) is 7.05 Å². The fourth-order valence-electron chi connectivity index (χ4n) is 2.86. The van der Waals surface area contributed by atoms with Crippen LogP contribution in [0.4, 0.5) is 0 Å². The standard InChI is InChI=1S/C16H19N5O2/c1-20-9-13(8-19-20)23-15-11-22-10-14(15)18-7-12-3-2-4-16-17-5-6-21(12)16/h2-6,8-9,14-15,18H,7,10-11H2,1H3/t14-,15+/m0/s1. The van der Waals surface area contributed by atoms with E-state index in [2.05, 4.69) is 25.9 Å². The molecule has 1 fully saturated rings. The van der Waals surface area contributed by atoms with Crippen LogP contribution in [0.3, 0.4) is 0 Å². The molecule has 0 amide bonds. The molecule has 1 aliphatic rings. The van der Waals surface area contributed by atoms with Crippen molar-refractivity contribution in [2.75, 3.05) is 13.2 Å². The summed E-state index contributed by atoms with van der Waals surface area (Å²) in [7, 11) is 1.87. The van der Waals surface area contributed by atoms with Crippen molar-refractivity contribution in [3.05, 3.63) is 48.7 Å². The van der Waals surface area contributed by atoms with Crippen LogP contribution in [0.2, 0.25) is 0 Å². The maximum Gasteiger partial charge on any atom is 0.157 e. The molecule has 0 saturated carbocycles. The minimum atomic E-state index is -0.0128. The number of nitrogens with one attached hydrogen (secondary N) is 1. The SMILES string of the molecule is Cn1cc(O[C@@H]2COC[C@@H]2NCc2cccc3nccn23)cn1. The van der Waals surface area contributed by atoms with E-state index in [-0.39, 0.29) is 12.1 Å². The number of hydrogen-bond donors (Lipinski definition) is 1. The minimum absolute atomic E-state index is 0.0128. The van der Waals surface area contributed by atoms with Gasteiger partial charge in [-0.1, -0.05) is 6.07 Å². The lowest BCUT2D eigenvalue weighted by Crippen LogP contribution is -2.41. The molecule has 7 heteroatoms. The van der Waals surface area contributed by atoms with E-state index in [0.29, 0.717) is 13.2 Å². The van der Waals surface area contributed by atoms with Gasteiger partial charge in [-0.25, -0.2) is 4.98 Å². The monoisotopic (exact) mass is 313 g/mol. The van der Waals surface area contributed by atoms with Crippen LogP contribution < -0.4 is 10.1 Å². The van der Waals surface area contributed by atoms with Crippen molar-refractivity contribution >= 4 is 5.65 Å². The zero-order valence-electron chi connectivity index (χ0n) is 12.9. The summed E-state index contributed by atoms with van der Waals surface area (Å²) in [6.07, 6.45) is 7.36. The van der Waals surface area contributed by atoms with Crippen LogP contribution in [0, 0.1) is 0 Å². The Bertz CT molecular complexity index is 796. The van der Waals surface area contributed by atoms with E-state index in [0.717, 1.165) is 23.6 Å². The van der Waals surface area contributed by atoms with E-state index >= 15 is 0 Å². The predicted molar refractivity (Wildman–Crippen MR) is 84.3 cm³/mol. The fraction of sp³-hybridized carbons (Fsp3) is 0.375. The molecule has 1 aliphatic heterocycles. The number of aromatic nitrogens is 4. The van der Waals surface area contributed by atoms with Crippen LogP contribution in [0.5, 0.6) is 5.75 Å². The smallest absolute Gasteiger partial charge is 0.157 e. The van der Waals surface area contributed by atoms with Crippen LogP contribution in [0.1, 0.15) is 5.69 Å². The summed E-state index contributed by atoms with van der Waals surface area (Å²) in [6.45, 7) is 1.96. The summed E-state index contributed by atoms with van der Waals surface area (Å²) in [5, 5.41) is 7.66. The molecule has 7 nitrogen and oxygen atoms in total. The Morgan fingerprint density at radius 2 is 2.35 bits per heavy atom. The number of fused-ring (bicyclic) bond motifs is 1. The van der Waals surface area contributed by atoms with E-state index < -0.39 is 0 Å². The third-order valence-electron chi connectivity index (χ3n) is 4.06. The van der Waals surface area contributed by atoms with E-state index in [9.17, 15) is 0 Å². The maximum absolute atomic E-state index is 5.98. The Morgan fingerprint density at radius 1 is 1.39 bits per heavy atom. The molecular weight excluding hydrogens is 294 g/mol. The van der Waals surface area contributed by atoms with Crippen LogP contribution in [0.15, 0.2) is 43.0 Å². The lowest BCUT2D eigenvalue weighted by molar-refractivity contribution is 0.139. The average molecular weight is 313 g/mol. The number of nitrogens with zero attached hydrogens (tertiary/aromatic N) is 4. The third-order valence-corrected chi connectivity index (χ3v) is 4.06. The molecule has 0 radical (unpaired) electrons. The van der Waals surface area contributed by atoms with Crippen molar-refractivity contribution in [3.8, 4) is 5.75 Å². The number of rotatable bonds is 5. The Hall–Kier alpha value is -2.38. The summed E-state index contributed by atoms with van der Waals surface area (Å²) >= 11 is 0. The van der Waals surface area contributed by atoms with E-state index in [4.69, 9.17) is 9.47 Å². The lowest BCUT2D eigenvalue weighted by atomic mass is 10.2. The maximum atomic E-state index is 5.98. The third kappa shape index (κ3) is 2.93. The van der Waals surface area contributed by atoms with Gasteiger partial charge >= 0.3 is 0 Å². The molecule has 4 rings (SSSR count). The first-order valence-electron chi connectivity index (χ1n) is 7.67. The van der Waals surface area contributed by atoms with Crippen LogP contribution in [-0.2, 0) is 18.3 Å². The van der Waals surface area contributed by atoms with Crippen molar-refractivity contribution in [3.63, 3.8) is 0 Å². The second-order valence-corrected chi connectivity index (χ2v) is 5.70. The molecule has 4 heterocycles. The van der Waals surface area contributed by atoms with Gasteiger partial charge in [-0.3, -0.25) is 4.68 Å². The number of hydrogen-bond acceptors (Lipinski definition) is 5. The first-order chi connectivity index (χ1) is 11.3. The molecule has 0 aromatic carbocycles. The Kier molecular flexibility index (Phi) is 3.72. The molecule has 23 heavy (non-hydrogen) atoms. The Balaban J connectivity index is 1.42. The second kappa shape index (κ2) is 6.02.